The van der Waals surface area contributed by atoms with Crippen LogP contribution in [-0.2, 0) is 62.2 Å². The second-order valence-electron chi connectivity index (χ2n) is 29.6. The van der Waals surface area contributed by atoms with Crippen LogP contribution in [0.5, 0.6) is 0 Å². The van der Waals surface area contributed by atoms with E-state index in [0.29, 0.717) is 26.2 Å². The summed E-state index contributed by atoms with van der Waals surface area (Å²) in [6.45, 7) is 30.5. The van der Waals surface area contributed by atoms with E-state index in [2.05, 4.69) is 26.2 Å². The number of aliphatic hydroxyl groups is 2. The highest BCUT2D eigenvalue weighted by Gasteiger charge is 2.46. The highest BCUT2D eigenvalue weighted by molar-refractivity contribution is 5.99. The molecule has 0 bridgehead atoms. The standard InChI is InChI=1S/C68H123N11O15/c1-37(2)31-48-63(87)76(21)51(34-40(7)8)59(83)69-45(16)68(92)94-58(43(13)14)67(91)77(22)52(35-41(9)10)61(85)71-49(32-38(3)4)64(88)78(23)55(42(11)12)66(90)79(24)56(57(82)44(15)25-28-73(18)47-26-29-93-30-27-47)62(86)72-54(46(17)80)65(89)74(19)36-53(81)75(20)50(33-39(5)6)60(84)70-48/h37-52,54-58,80,82H,25-36H2,1-24H3,(H,69,83)(H,70,84)(H,71,85)(H,72,86)/t44-,45+,46-,48+,49-,50+,51+,52+,54+,55+,56+,57-,58-/m1/s1. The summed E-state index contributed by atoms with van der Waals surface area (Å²) < 4.78 is 11.5. The lowest BCUT2D eigenvalue weighted by atomic mass is 9.91. The monoisotopic (exact) mass is 1330 g/mol. The Kier molecular flexibility index (Phi) is 34.6. The van der Waals surface area contributed by atoms with Crippen molar-refractivity contribution in [2.45, 2.75) is 248 Å². The van der Waals surface area contributed by atoms with E-state index in [1.54, 1.807) is 34.6 Å². The highest BCUT2D eigenvalue weighted by Crippen LogP contribution is 2.26. The minimum absolute atomic E-state index is 0.0778. The van der Waals surface area contributed by atoms with Gasteiger partial charge in [-0.3, -0.25) is 47.9 Å². The Morgan fingerprint density at radius 3 is 1.33 bits per heavy atom. The average Bonchev–Trinajstić information content (AvgIpc) is 0.822. The Labute approximate surface area is 561 Å². The molecular formula is C68H123N11O15. The van der Waals surface area contributed by atoms with Gasteiger partial charge >= 0.3 is 5.97 Å². The first-order valence-electron chi connectivity index (χ1n) is 34.1. The zero-order valence-corrected chi connectivity index (χ0v) is 61.4. The highest BCUT2D eigenvalue weighted by atomic mass is 16.6. The molecule has 0 aromatic rings. The quantitative estimate of drug-likeness (QED) is 0.101. The number of hydrogen-bond donors (Lipinski definition) is 6. The lowest BCUT2D eigenvalue weighted by molar-refractivity contribution is -0.166. The molecule has 540 valence electrons. The lowest BCUT2D eigenvalue weighted by Gasteiger charge is -2.40. The van der Waals surface area contributed by atoms with Gasteiger partial charge in [0.1, 0.15) is 54.4 Å². The van der Waals surface area contributed by atoms with E-state index in [1.165, 1.54) is 70.8 Å². The van der Waals surface area contributed by atoms with E-state index in [1.807, 2.05) is 76.3 Å². The Bertz CT molecular complexity index is 2520. The third-order valence-corrected chi connectivity index (χ3v) is 18.1. The number of nitrogens with one attached hydrogen (secondary N) is 4. The number of rotatable bonds is 19. The van der Waals surface area contributed by atoms with Gasteiger partial charge in [-0.05, 0) is 126 Å². The predicted octanol–water partition coefficient (Wildman–Crippen LogP) is 2.89. The maximum atomic E-state index is 15.4. The number of esters is 1. The van der Waals surface area contributed by atoms with Crippen LogP contribution in [-0.4, -0.2) is 264 Å². The zero-order valence-electron chi connectivity index (χ0n) is 61.4. The normalized spacial score (nSPS) is 26.9. The molecule has 6 N–H and O–H groups in total. The van der Waals surface area contributed by atoms with Crippen molar-refractivity contribution in [2.24, 2.45) is 47.3 Å². The van der Waals surface area contributed by atoms with Gasteiger partial charge in [0.2, 0.25) is 53.2 Å². The first-order valence-corrected chi connectivity index (χ1v) is 34.1. The summed E-state index contributed by atoms with van der Waals surface area (Å²) in [4.78, 5) is 171. The van der Waals surface area contributed by atoms with Gasteiger partial charge < -0.3 is 75.3 Å². The summed E-state index contributed by atoms with van der Waals surface area (Å²) in [6, 6.07) is -12.1. The molecule has 26 nitrogen and oxygen atoms in total. The first-order chi connectivity index (χ1) is 43.5. The summed E-state index contributed by atoms with van der Waals surface area (Å²) >= 11 is 0. The Morgan fingerprint density at radius 2 is 0.904 bits per heavy atom. The fourth-order valence-corrected chi connectivity index (χ4v) is 12.2. The molecule has 2 rings (SSSR count). The van der Waals surface area contributed by atoms with Gasteiger partial charge in [0.15, 0.2) is 6.10 Å². The molecule has 0 aromatic carbocycles. The third kappa shape index (κ3) is 24.6. The molecule has 2 saturated heterocycles. The molecule has 26 heteroatoms. The van der Waals surface area contributed by atoms with Gasteiger partial charge in [0, 0.05) is 61.5 Å². The Hall–Kier alpha value is -5.99. The fraction of sp³-hybridized carbons (Fsp3) is 0.838. The molecule has 2 heterocycles. The largest absolute Gasteiger partial charge is 0.450 e. The summed E-state index contributed by atoms with van der Waals surface area (Å²) in [6.07, 6.45) is -2.23. The molecule has 94 heavy (non-hydrogen) atoms. The fourth-order valence-electron chi connectivity index (χ4n) is 12.2. The molecule has 10 amide bonds. The summed E-state index contributed by atoms with van der Waals surface area (Å²) in [7, 11) is 10.2. The number of likely N-dealkylation sites (N-methyl/N-ethyl adjacent to an activating group) is 6. The molecule has 2 aliphatic rings. The van der Waals surface area contributed by atoms with Gasteiger partial charge in [-0.15, -0.1) is 0 Å². The molecule has 0 radical (unpaired) electrons. The average molecular weight is 1330 g/mol. The smallest absolute Gasteiger partial charge is 0.329 e. The van der Waals surface area contributed by atoms with Crippen molar-refractivity contribution in [2.75, 3.05) is 75.6 Å². The summed E-state index contributed by atoms with van der Waals surface area (Å²) in [5.41, 5.74) is 0. The maximum Gasteiger partial charge on any atom is 0.329 e. The SMILES string of the molecule is CC(C)C[C@@H]1NC(=O)[C@H](CC(C)C)N(C)C(=O)CN(C)C(=O)[C@H]([C@@H](C)O)NC(=O)[C@H]([C@H](O)[C@H](C)CCN(C)C2CCOCC2)N(C)C(=O)[C@H](C(C)C)N(C)C(=O)[C@@H](CC(C)C)NC(=O)[C@H](CC(C)C)N(C)C(=O)[C@@H](C(C)C)OC(=O)[C@H](C)NC(=O)[C@H](CC(C)C)N(C)C1=O. The van der Waals surface area contributed by atoms with E-state index < -0.39 is 162 Å². The van der Waals surface area contributed by atoms with E-state index in [4.69, 9.17) is 9.47 Å². The summed E-state index contributed by atoms with van der Waals surface area (Å²) in [5, 5.41) is 34.9. The summed E-state index contributed by atoms with van der Waals surface area (Å²) in [5.74, 6) is -11.6. The van der Waals surface area contributed by atoms with Crippen LogP contribution in [0.1, 0.15) is 169 Å². The van der Waals surface area contributed by atoms with Gasteiger partial charge in [-0.1, -0.05) is 104 Å². The second-order valence-corrected chi connectivity index (χ2v) is 29.6. The lowest BCUT2D eigenvalue weighted by Crippen LogP contribution is -2.64. The van der Waals surface area contributed by atoms with Gasteiger partial charge in [-0.2, -0.15) is 0 Å². The number of cyclic esters (lactones) is 1. The van der Waals surface area contributed by atoms with Crippen LogP contribution in [0.4, 0.5) is 0 Å². The molecule has 0 unspecified atom stereocenters. The van der Waals surface area contributed by atoms with E-state index >= 15 is 14.4 Å². The van der Waals surface area contributed by atoms with E-state index in [-0.39, 0.29) is 67.7 Å². The van der Waals surface area contributed by atoms with Crippen LogP contribution in [0.3, 0.4) is 0 Å². The second kappa shape index (κ2) is 38.7. The minimum Gasteiger partial charge on any atom is -0.450 e. The van der Waals surface area contributed by atoms with Crippen LogP contribution in [0.25, 0.3) is 0 Å². The van der Waals surface area contributed by atoms with Crippen LogP contribution in [0, 0.1) is 47.3 Å². The van der Waals surface area contributed by atoms with Crippen LogP contribution < -0.4 is 21.3 Å². The number of carbonyl (C=O) groups is 11. The number of aliphatic hydroxyl groups excluding tert-OH is 2. The van der Waals surface area contributed by atoms with Crippen molar-refractivity contribution in [1.29, 1.82) is 0 Å². The number of nitrogens with zero attached hydrogens (tertiary/aromatic N) is 7. The van der Waals surface area contributed by atoms with Crippen LogP contribution >= 0.6 is 0 Å². The van der Waals surface area contributed by atoms with Crippen molar-refractivity contribution < 1.29 is 72.4 Å². The number of hydrogen-bond acceptors (Lipinski definition) is 16. The van der Waals surface area contributed by atoms with Crippen LogP contribution in [0.15, 0.2) is 0 Å². The maximum absolute atomic E-state index is 15.4. The molecule has 0 aromatic heterocycles. The number of ether oxygens (including phenoxy) is 2. The van der Waals surface area contributed by atoms with Gasteiger partial charge in [0.05, 0.1) is 18.8 Å². The molecule has 2 aliphatic heterocycles. The van der Waals surface area contributed by atoms with Crippen molar-refractivity contribution in [3.8, 4) is 0 Å². The molecule has 0 saturated carbocycles. The van der Waals surface area contributed by atoms with Crippen molar-refractivity contribution in [3.05, 3.63) is 0 Å². The van der Waals surface area contributed by atoms with Crippen molar-refractivity contribution in [3.63, 3.8) is 0 Å². The third-order valence-electron chi connectivity index (χ3n) is 18.1. The Balaban J connectivity index is 3.03. The number of amides is 10. The van der Waals surface area contributed by atoms with Crippen molar-refractivity contribution in [1.82, 2.24) is 55.6 Å². The van der Waals surface area contributed by atoms with E-state index in [0.717, 1.165) is 27.5 Å². The first kappa shape index (κ1) is 84.1. The van der Waals surface area contributed by atoms with Crippen molar-refractivity contribution >= 4 is 65.0 Å². The number of carbonyl (C=O) groups excluding carboxylic acids is 11. The minimum atomic E-state index is -1.76. The molecular weight excluding hydrogens is 1210 g/mol. The van der Waals surface area contributed by atoms with Gasteiger partial charge in [-0.25, -0.2) is 4.79 Å². The predicted molar refractivity (Wildman–Crippen MR) is 359 cm³/mol. The topological polar surface area (TPSA) is 317 Å². The van der Waals surface area contributed by atoms with Gasteiger partial charge in [0.25, 0.3) is 5.91 Å². The molecule has 13 atom stereocenters. The molecule has 0 aliphatic carbocycles. The van der Waals surface area contributed by atoms with E-state index in [9.17, 15) is 48.6 Å². The molecule has 0 spiro atoms. The van der Waals surface area contributed by atoms with Crippen LogP contribution in [0.2, 0.25) is 0 Å². The zero-order chi connectivity index (χ0) is 72.2. The Morgan fingerprint density at radius 1 is 0.489 bits per heavy atom. The molecule has 2 fully saturated rings.